The monoisotopic (exact) mass is 183 g/mol. The van der Waals surface area contributed by atoms with Gasteiger partial charge in [-0.05, 0) is 12.1 Å². The van der Waals surface area contributed by atoms with E-state index in [2.05, 4.69) is 22.5 Å². The van der Waals surface area contributed by atoms with Gasteiger partial charge in [0, 0.05) is 18.0 Å². The first-order valence-corrected chi connectivity index (χ1v) is 4.50. The van der Waals surface area contributed by atoms with Gasteiger partial charge in [-0.2, -0.15) is 0 Å². The number of rotatable bonds is 0. The van der Waals surface area contributed by atoms with E-state index in [9.17, 15) is 0 Å². The summed E-state index contributed by atoms with van der Waals surface area (Å²) < 4.78 is 0. The van der Waals surface area contributed by atoms with Gasteiger partial charge in [-0.25, -0.2) is 4.99 Å². The maximum Gasteiger partial charge on any atom is 0.115 e. The van der Waals surface area contributed by atoms with Crippen LogP contribution in [0.15, 0.2) is 47.5 Å². The molecule has 1 aromatic carbocycles. The molecular formula is C11H9N3. The zero-order valence-electron chi connectivity index (χ0n) is 7.51. The molecule has 0 bridgehead atoms. The zero-order valence-corrected chi connectivity index (χ0v) is 7.51. The quantitative estimate of drug-likeness (QED) is 0.666. The van der Waals surface area contributed by atoms with Gasteiger partial charge in [-0.1, -0.05) is 18.2 Å². The van der Waals surface area contributed by atoms with Crippen molar-refractivity contribution >= 4 is 18.1 Å². The number of para-hydroxylation sites is 1. The van der Waals surface area contributed by atoms with E-state index in [4.69, 9.17) is 0 Å². The highest BCUT2D eigenvalue weighted by Gasteiger charge is 2.12. The largest absolute Gasteiger partial charge is 0.346 e. The summed E-state index contributed by atoms with van der Waals surface area (Å²) in [6.07, 6.45) is 7.74. The van der Waals surface area contributed by atoms with Crippen LogP contribution >= 0.6 is 0 Å². The van der Waals surface area contributed by atoms with Crippen molar-refractivity contribution in [1.29, 1.82) is 0 Å². The summed E-state index contributed by atoms with van der Waals surface area (Å²) in [5.41, 5.74) is 2.14. The van der Waals surface area contributed by atoms with Gasteiger partial charge in [0.1, 0.15) is 12.2 Å². The van der Waals surface area contributed by atoms with Gasteiger partial charge in [0.05, 0.1) is 5.69 Å². The molecule has 1 aromatic rings. The van der Waals surface area contributed by atoms with Crippen molar-refractivity contribution in [3.8, 4) is 0 Å². The molecule has 14 heavy (non-hydrogen) atoms. The van der Waals surface area contributed by atoms with Crippen LogP contribution in [-0.2, 0) is 0 Å². The molecule has 68 valence electrons. The van der Waals surface area contributed by atoms with Gasteiger partial charge in [-0.15, -0.1) is 0 Å². The summed E-state index contributed by atoms with van der Waals surface area (Å²) >= 11 is 0. The van der Waals surface area contributed by atoms with Crippen molar-refractivity contribution in [2.75, 3.05) is 0 Å². The van der Waals surface area contributed by atoms with Crippen molar-refractivity contribution in [2.45, 2.75) is 0 Å². The molecule has 0 spiro atoms. The van der Waals surface area contributed by atoms with E-state index in [1.807, 2.05) is 41.8 Å². The Balaban J connectivity index is 2.17. The number of fused-ring (bicyclic) bond motifs is 2. The van der Waals surface area contributed by atoms with Crippen LogP contribution in [0, 0.1) is 0 Å². The van der Waals surface area contributed by atoms with Crippen molar-refractivity contribution in [2.24, 2.45) is 4.99 Å². The highest BCUT2D eigenvalue weighted by Crippen LogP contribution is 2.25. The summed E-state index contributed by atoms with van der Waals surface area (Å²) in [7, 11) is 0. The lowest BCUT2D eigenvalue weighted by Gasteiger charge is -2.08. The summed E-state index contributed by atoms with van der Waals surface area (Å²) in [6.45, 7) is 0. The number of nitrogens with zero attached hydrogens (tertiary/aromatic N) is 2. The zero-order chi connectivity index (χ0) is 9.38. The molecule has 2 aliphatic rings. The van der Waals surface area contributed by atoms with E-state index < -0.39 is 0 Å². The minimum absolute atomic E-state index is 1.00. The molecule has 2 aliphatic heterocycles. The molecule has 0 amide bonds. The Morgan fingerprint density at radius 2 is 2.14 bits per heavy atom. The third kappa shape index (κ3) is 1.03. The Hall–Kier alpha value is -2.03. The van der Waals surface area contributed by atoms with E-state index in [0.717, 1.165) is 17.1 Å². The second-order valence-electron chi connectivity index (χ2n) is 3.20. The second-order valence-corrected chi connectivity index (χ2v) is 3.20. The van der Waals surface area contributed by atoms with Crippen LogP contribution in [-0.4, -0.2) is 11.2 Å². The number of benzene rings is 1. The smallest absolute Gasteiger partial charge is 0.115 e. The molecular weight excluding hydrogens is 174 g/mol. The SMILES string of the molecule is C1=CN2C=Nc3ccccc3C=C2N1. The number of aliphatic imine (C=N–C) groups is 1. The summed E-state index contributed by atoms with van der Waals surface area (Å²) in [6, 6.07) is 8.08. The minimum atomic E-state index is 1.00. The number of hydrogen-bond donors (Lipinski definition) is 1. The van der Waals surface area contributed by atoms with E-state index in [1.54, 1.807) is 0 Å². The molecule has 0 unspecified atom stereocenters. The van der Waals surface area contributed by atoms with Crippen molar-refractivity contribution in [1.82, 2.24) is 10.2 Å². The molecule has 0 radical (unpaired) electrons. The lowest BCUT2D eigenvalue weighted by atomic mass is 10.2. The van der Waals surface area contributed by atoms with Gasteiger partial charge >= 0.3 is 0 Å². The first kappa shape index (κ1) is 7.38. The Kier molecular flexibility index (Phi) is 1.44. The summed E-state index contributed by atoms with van der Waals surface area (Å²) in [5.74, 6) is 1.04. The summed E-state index contributed by atoms with van der Waals surface area (Å²) in [5, 5.41) is 3.15. The maximum absolute atomic E-state index is 4.39. The topological polar surface area (TPSA) is 27.6 Å². The van der Waals surface area contributed by atoms with Gasteiger partial charge in [0.2, 0.25) is 0 Å². The lowest BCUT2D eigenvalue weighted by molar-refractivity contribution is 0.714. The molecule has 0 saturated carbocycles. The highest BCUT2D eigenvalue weighted by atomic mass is 15.3. The van der Waals surface area contributed by atoms with Crippen molar-refractivity contribution < 1.29 is 0 Å². The standard InChI is InChI=1S/C11H9N3/c1-2-4-10-9(3-1)7-11-12-5-6-14(11)8-13-10/h1-8,12H. The lowest BCUT2D eigenvalue weighted by Crippen LogP contribution is -2.15. The fourth-order valence-electron chi connectivity index (χ4n) is 1.57. The fraction of sp³-hybridized carbons (Fsp3) is 0. The van der Waals surface area contributed by atoms with Gasteiger partial charge in [0.15, 0.2) is 0 Å². The molecule has 3 heteroatoms. The second kappa shape index (κ2) is 2.73. The predicted octanol–water partition coefficient (Wildman–Crippen LogP) is 2.03. The van der Waals surface area contributed by atoms with Gasteiger partial charge in [-0.3, -0.25) is 4.90 Å². The number of hydrogen-bond acceptors (Lipinski definition) is 3. The molecule has 3 rings (SSSR count). The Morgan fingerprint density at radius 3 is 3.14 bits per heavy atom. The van der Waals surface area contributed by atoms with Crippen LogP contribution in [0.2, 0.25) is 0 Å². The minimum Gasteiger partial charge on any atom is -0.346 e. The average Bonchev–Trinajstić information content (AvgIpc) is 2.58. The van der Waals surface area contributed by atoms with Crippen LogP contribution in [0.1, 0.15) is 5.56 Å². The molecule has 0 aliphatic carbocycles. The Bertz CT molecular complexity index is 457. The van der Waals surface area contributed by atoms with Crippen molar-refractivity contribution in [3.63, 3.8) is 0 Å². The molecule has 0 aromatic heterocycles. The van der Waals surface area contributed by atoms with Gasteiger partial charge in [0.25, 0.3) is 0 Å². The van der Waals surface area contributed by atoms with E-state index in [-0.39, 0.29) is 0 Å². The third-order valence-corrected chi connectivity index (χ3v) is 2.29. The predicted molar refractivity (Wildman–Crippen MR) is 56.7 cm³/mol. The molecule has 0 fully saturated rings. The average molecular weight is 183 g/mol. The molecule has 0 saturated heterocycles. The van der Waals surface area contributed by atoms with Crippen LogP contribution in [0.5, 0.6) is 0 Å². The summed E-state index contributed by atoms with van der Waals surface area (Å²) in [4.78, 5) is 6.35. The van der Waals surface area contributed by atoms with Crippen LogP contribution in [0.25, 0.3) is 6.08 Å². The first-order valence-electron chi connectivity index (χ1n) is 4.50. The Morgan fingerprint density at radius 1 is 1.21 bits per heavy atom. The van der Waals surface area contributed by atoms with Crippen LogP contribution in [0.4, 0.5) is 5.69 Å². The molecule has 2 heterocycles. The molecule has 0 atom stereocenters. The van der Waals surface area contributed by atoms with Crippen molar-refractivity contribution in [3.05, 3.63) is 48.0 Å². The maximum atomic E-state index is 4.39. The molecule has 3 nitrogen and oxygen atoms in total. The van der Waals surface area contributed by atoms with Crippen LogP contribution < -0.4 is 5.32 Å². The first-order chi connectivity index (χ1) is 6.93. The van der Waals surface area contributed by atoms with E-state index in [1.165, 1.54) is 0 Å². The normalized spacial score (nSPS) is 16.9. The van der Waals surface area contributed by atoms with E-state index in [0.29, 0.717) is 0 Å². The number of nitrogens with one attached hydrogen (secondary N) is 1. The van der Waals surface area contributed by atoms with Gasteiger partial charge < -0.3 is 5.32 Å². The van der Waals surface area contributed by atoms with Crippen LogP contribution in [0.3, 0.4) is 0 Å². The molecule has 1 N–H and O–H groups in total. The highest BCUT2D eigenvalue weighted by molar-refractivity contribution is 5.77. The van der Waals surface area contributed by atoms with E-state index >= 15 is 0 Å². The fourth-order valence-corrected chi connectivity index (χ4v) is 1.57. The third-order valence-electron chi connectivity index (χ3n) is 2.29. The Labute approximate surface area is 82.1 Å².